The summed E-state index contributed by atoms with van der Waals surface area (Å²) in [5.74, 6) is 0.371. The van der Waals surface area contributed by atoms with Crippen molar-refractivity contribution in [2.24, 2.45) is 5.92 Å². The summed E-state index contributed by atoms with van der Waals surface area (Å²) in [6.45, 7) is 7.14. The molecule has 5 nitrogen and oxygen atoms in total. The zero-order valence-electron chi connectivity index (χ0n) is 11.1. The highest BCUT2D eigenvalue weighted by Crippen LogP contribution is 2.35. The smallest absolute Gasteiger partial charge is 0.407 e. The van der Waals surface area contributed by atoms with Gasteiger partial charge in [-0.15, -0.1) is 0 Å². The predicted molar refractivity (Wildman–Crippen MR) is 64.6 cm³/mol. The fourth-order valence-corrected chi connectivity index (χ4v) is 2.31. The molecule has 98 valence electrons. The minimum atomic E-state index is -0.566. The molecular formula is C12H22N2O3. The Balaban J connectivity index is 2.59. The second-order valence-electron chi connectivity index (χ2n) is 5.01. The van der Waals surface area contributed by atoms with Gasteiger partial charge in [0.25, 0.3) is 0 Å². The van der Waals surface area contributed by atoms with Gasteiger partial charge in [-0.3, -0.25) is 4.79 Å². The zero-order valence-corrected chi connectivity index (χ0v) is 11.1. The largest absolute Gasteiger partial charge is 0.453 e. The number of hydrogen-bond donors (Lipinski definition) is 1. The number of rotatable bonds is 3. The van der Waals surface area contributed by atoms with Crippen molar-refractivity contribution >= 4 is 12.0 Å². The average Bonchev–Trinajstić information content (AvgIpc) is 2.69. The fraction of sp³-hybridized carbons (Fsp3) is 0.833. The van der Waals surface area contributed by atoms with Crippen LogP contribution in [0.3, 0.4) is 0 Å². The van der Waals surface area contributed by atoms with Crippen molar-refractivity contribution in [3.05, 3.63) is 0 Å². The molecule has 1 N–H and O–H groups in total. The van der Waals surface area contributed by atoms with E-state index in [1.54, 1.807) is 0 Å². The van der Waals surface area contributed by atoms with Crippen LogP contribution in [0.5, 0.6) is 0 Å². The highest BCUT2D eigenvalue weighted by atomic mass is 16.5. The summed E-state index contributed by atoms with van der Waals surface area (Å²) in [6.07, 6.45) is 1.48. The van der Waals surface area contributed by atoms with E-state index in [-0.39, 0.29) is 18.0 Å². The molecule has 1 aliphatic rings. The Hall–Kier alpha value is -1.26. The molecule has 0 saturated carbocycles. The monoisotopic (exact) mass is 242 g/mol. The van der Waals surface area contributed by atoms with Crippen molar-refractivity contribution in [1.82, 2.24) is 10.2 Å². The molecule has 0 aromatic heterocycles. The number of alkyl carbamates (subject to hydrolysis) is 1. The van der Waals surface area contributed by atoms with Crippen LogP contribution in [0.4, 0.5) is 4.79 Å². The number of methoxy groups -OCH3 is 1. The molecule has 0 aromatic carbocycles. The van der Waals surface area contributed by atoms with Crippen LogP contribution in [0.15, 0.2) is 0 Å². The summed E-state index contributed by atoms with van der Waals surface area (Å²) in [7, 11) is 1.29. The van der Waals surface area contributed by atoms with Crippen LogP contribution >= 0.6 is 0 Å². The van der Waals surface area contributed by atoms with Gasteiger partial charge in [0.1, 0.15) is 6.54 Å². The third-order valence-electron chi connectivity index (χ3n) is 3.80. The lowest BCUT2D eigenvalue weighted by molar-refractivity contribution is -0.135. The molecule has 17 heavy (non-hydrogen) atoms. The van der Waals surface area contributed by atoms with Crippen LogP contribution in [0, 0.1) is 5.92 Å². The topological polar surface area (TPSA) is 58.6 Å². The third-order valence-corrected chi connectivity index (χ3v) is 3.80. The Bertz CT molecular complexity index is 304. The maximum absolute atomic E-state index is 12.0. The number of likely N-dealkylation sites (tertiary alicyclic amines) is 1. The van der Waals surface area contributed by atoms with Gasteiger partial charge in [0.15, 0.2) is 0 Å². The van der Waals surface area contributed by atoms with E-state index in [2.05, 4.69) is 30.8 Å². The fourth-order valence-electron chi connectivity index (χ4n) is 2.31. The molecule has 0 radical (unpaired) electrons. The van der Waals surface area contributed by atoms with Gasteiger partial charge in [0.05, 0.1) is 7.11 Å². The van der Waals surface area contributed by atoms with Crippen LogP contribution in [0.25, 0.3) is 0 Å². The van der Waals surface area contributed by atoms with Gasteiger partial charge in [0.2, 0.25) is 5.91 Å². The minimum absolute atomic E-state index is 0.00891. The first-order valence-corrected chi connectivity index (χ1v) is 6.04. The van der Waals surface area contributed by atoms with Crippen LogP contribution in [0.1, 0.15) is 33.6 Å². The number of hydrogen-bond acceptors (Lipinski definition) is 3. The summed E-state index contributed by atoms with van der Waals surface area (Å²) in [6, 6.07) is 0. The molecule has 0 unspecified atom stereocenters. The number of nitrogens with zero attached hydrogens (tertiary/aromatic N) is 1. The second-order valence-corrected chi connectivity index (χ2v) is 5.01. The molecule has 1 heterocycles. The van der Waals surface area contributed by atoms with Crippen molar-refractivity contribution in [2.75, 3.05) is 20.2 Å². The standard InChI is InChI=1S/C12H22N2O3/c1-9(2)12(3)6-5-7-14(12)10(15)8-13-11(16)17-4/h9H,5-8H2,1-4H3,(H,13,16)/t12-/m0/s1. The number of carbonyl (C=O) groups excluding carboxylic acids is 2. The van der Waals surface area contributed by atoms with Gasteiger partial charge in [-0.05, 0) is 25.7 Å². The Kier molecular flexibility index (Phi) is 4.37. The van der Waals surface area contributed by atoms with E-state index in [0.29, 0.717) is 5.92 Å². The van der Waals surface area contributed by atoms with E-state index in [0.717, 1.165) is 19.4 Å². The van der Waals surface area contributed by atoms with Gasteiger partial charge >= 0.3 is 6.09 Å². The highest BCUT2D eigenvalue weighted by Gasteiger charge is 2.41. The Morgan fingerprint density at radius 3 is 2.65 bits per heavy atom. The molecule has 5 heteroatoms. The average molecular weight is 242 g/mol. The lowest BCUT2D eigenvalue weighted by Crippen LogP contribution is -2.51. The van der Waals surface area contributed by atoms with Crippen LogP contribution in [-0.2, 0) is 9.53 Å². The van der Waals surface area contributed by atoms with Gasteiger partial charge in [-0.25, -0.2) is 4.79 Å². The second kappa shape index (κ2) is 5.38. The van der Waals surface area contributed by atoms with E-state index in [1.165, 1.54) is 7.11 Å². The normalized spacial score (nSPS) is 23.9. The van der Waals surface area contributed by atoms with Gasteiger partial charge < -0.3 is 15.0 Å². The SMILES string of the molecule is COC(=O)NCC(=O)N1CCC[C@@]1(C)C(C)C. The maximum atomic E-state index is 12.0. The molecule has 2 amide bonds. The molecule has 0 spiro atoms. The Labute approximate surface area is 102 Å². The predicted octanol–water partition coefficient (Wildman–Crippen LogP) is 1.38. The van der Waals surface area contributed by atoms with E-state index >= 15 is 0 Å². The van der Waals surface area contributed by atoms with Crippen molar-refractivity contribution in [2.45, 2.75) is 39.2 Å². The van der Waals surface area contributed by atoms with E-state index in [4.69, 9.17) is 0 Å². The summed E-state index contributed by atoms with van der Waals surface area (Å²) < 4.78 is 4.44. The van der Waals surface area contributed by atoms with Crippen LogP contribution in [-0.4, -0.2) is 42.6 Å². The lowest BCUT2D eigenvalue weighted by Gasteiger charge is -2.39. The maximum Gasteiger partial charge on any atom is 0.407 e. The number of ether oxygens (including phenoxy) is 1. The number of nitrogens with one attached hydrogen (secondary N) is 1. The van der Waals surface area contributed by atoms with Crippen molar-refractivity contribution in [1.29, 1.82) is 0 Å². The summed E-state index contributed by atoms with van der Waals surface area (Å²) in [4.78, 5) is 24.8. The third kappa shape index (κ3) is 2.90. The van der Waals surface area contributed by atoms with Crippen LogP contribution in [0.2, 0.25) is 0 Å². The summed E-state index contributed by atoms with van der Waals surface area (Å²) in [5.41, 5.74) is -0.0884. The Morgan fingerprint density at radius 2 is 2.12 bits per heavy atom. The zero-order chi connectivity index (χ0) is 13.1. The van der Waals surface area contributed by atoms with Crippen molar-refractivity contribution in [3.63, 3.8) is 0 Å². The first-order valence-electron chi connectivity index (χ1n) is 6.04. The van der Waals surface area contributed by atoms with E-state index in [1.807, 2.05) is 4.90 Å². The van der Waals surface area contributed by atoms with E-state index in [9.17, 15) is 9.59 Å². The van der Waals surface area contributed by atoms with Crippen molar-refractivity contribution < 1.29 is 14.3 Å². The molecule has 1 fully saturated rings. The first-order chi connectivity index (χ1) is 7.91. The summed E-state index contributed by atoms with van der Waals surface area (Å²) in [5, 5.41) is 2.43. The number of amides is 2. The van der Waals surface area contributed by atoms with Gasteiger partial charge in [0, 0.05) is 12.1 Å². The molecule has 1 rings (SSSR count). The molecular weight excluding hydrogens is 220 g/mol. The number of carbonyl (C=O) groups is 2. The van der Waals surface area contributed by atoms with Crippen molar-refractivity contribution in [3.8, 4) is 0 Å². The summed E-state index contributed by atoms with van der Waals surface area (Å²) >= 11 is 0. The van der Waals surface area contributed by atoms with Crippen LogP contribution < -0.4 is 5.32 Å². The highest BCUT2D eigenvalue weighted by molar-refractivity contribution is 5.83. The van der Waals surface area contributed by atoms with E-state index < -0.39 is 6.09 Å². The molecule has 1 atom stereocenters. The lowest BCUT2D eigenvalue weighted by atomic mass is 9.86. The molecule has 0 aromatic rings. The molecule has 1 saturated heterocycles. The van der Waals surface area contributed by atoms with Gasteiger partial charge in [-0.1, -0.05) is 13.8 Å². The molecule has 1 aliphatic heterocycles. The minimum Gasteiger partial charge on any atom is -0.453 e. The molecule has 0 bridgehead atoms. The first kappa shape index (κ1) is 13.8. The quantitative estimate of drug-likeness (QED) is 0.813. The Morgan fingerprint density at radius 1 is 1.47 bits per heavy atom. The van der Waals surface area contributed by atoms with Gasteiger partial charge in [-0.2, -0.15) is 0 Å². The molecule has 0 aliphatic carbocycles.